The van der Waals surface area contributed by atoms with Crippen molar-refractivity contribution in [3.8, 4) is 0 Å². The van der Waals surface area contributed by atoms with Crippen molar-refractivity contribution in [3.05, 3.63) is 0 Å². The third-order valence-corrected chi connectivity index (χ3v) is 5.44. The summed E-state index contributed by atoms with van der Waals surface area (Å²) in [6.07, 6.45) is 19.1. The summed E-state index contributed by atoms with van der Waals surface area (Å²) in [5.74, 6) is 1.74. The molecule has 2 heteroatoms. The average molecular weight is 297 g/mol. The highest BCUT2D eigenvalue weighted by atomic mass is 14.7. The zero-order chi connectivity index (χ0) is 15.3. The summed E-state index contributed by atoms with van der Waals surface area (Å²) >= 11 is 0. The van der Waals surface area contributed by atoms with Crippen molar-refractivity contribution < 1.29 is 0 Å². The lowest BCUT2D eigenvalue weighted by atomic mass is 9.72. The van der Waals surface area contributed by atoms with Crippen molar-refractivity contribution in [2.45, 2.75) is 103 Å². The maximum absolute atomic E-state index is 6.45. The normalized spacial score (nSPS) is 26.1. The molecule has 0 heterocycles. The number of rotatable bonds is 12. The molecule has 1 aliphatic rings. The summed E-state index contributed by atoms with van der Waals surface area (Å²) < 4.78 is 0. The largest absolute Gasteiger partial charge is 0.330 e. The molecule has 0 aromatic heterocycles. The molecule has 3 unspecified atom stereocenters. The van der Waals surface area contributed by atoms with Crippen LogP contribution in [0.25, 0.3) is 0 Å². The molecular weight excluding hydrogens is 256 g/mol. The van der Waals surface area contributed by atoms with Gasteiger partial charge < -0.3 is 11.5 Å². The van der Waals surface area contributed by atoms with Gasteiger partial charge in [0.1, 0.15) is 0 Å². The van der Waals surface area contributed by atoms with Gasteiger partial charge in [0.2, 0.25) is 0 Å². The second-order valence-corrected chi connectivity index (χ2v) is 7.21. The molecule has 0 amide bonds. The van der Waals surface area contributed by atoms with Crippen LogP contribution < -0.4 is 11.5 Å². The number of unbranched alkanes of at least 4 members (excludes halogenated alkanes) is 7. The second kappa shape index (κ2) is 12.5. The van der Waals surface area contributed by atoms with Crippen molar-refractivity contribution in [3.63, 3.8) is 0 Å². The first kappa shape index (κ1) is 19.0. The van der Waals surface area contributed by atoms with Crippen LogP contribution in [0.5, 0.6) is 0 Å². The van der Waals surface area contributed by atoms with E-state index in [4.69, 9.17) is 11.5 Å². The van der Waals surface area contributed by atoms with E-state index in [2.05, 4.69) is 6.92 Å². The van der Waals surface area contributed by atoms with E-state index < -0.39 is 0 Å². The topological polar surface area (TPSA) is 52.0 Å². The summed E-state index contributed by atoms with van der Waals surface area (Å²) in [5.41, 5.74) is 12.0. The van der Waals surface area contributed by atoms with Crippen LogP contribution in [0, 0.1) is 11.8 Å². The highest BCUT2D eigenvalue weighted by Crippen LogP contribution is 2.36. The molecule has 1 aliphatic carbocycles. The molecule has 0 saturated heterocycles. The van der Waals surface area contributed by atoms with E-state index in [1.165, 1.54) is 89.9 Å². The van der Waals surface area contributed by atoms with Gasteiger partial charge >= 0.3 is 0 Å². The van der Waals surface area contributed by atoms with E-state index >= 15 is 0 Å². The van der Waals surface area contributed by atoms with Crippen molar-refractivity contribution in [2.75, 3.05) is 6.54 Å². The number of hydrogen-bond donors (Lipinski definition) is 2. The van der Waals surface area contributed by atoms with Gasteiger partial charge in [-0.1, -0.05) is 77.6 Å². The molecule has 0 bridgehead atoms. The monoisotopic (exact) mass is 296 g/mol. The van der Waals surface area contributed by atoms with E-state index in [1.807, 2.05) is 0 Å². The van der Waals surface area contributed by atoms with Gasteiger partial charge in [-0.15, -0.1) is 0 Å². The van der Waals surface area contributed by atoms with Gasteiger partial charge in [0, 0.05) is 6.04 Å². The van der Waals surface area contributed by atoms with Crippen molar-refractivity contribution >= 4 is 0 Å². The minimum Gasteiger partial charge on any atom is -0.330 e. The highest BCUT2D eigenvalue weighted by molar-refractivity contribution is 4.84. The Kier molecular flexibility index (Phi) is 11.3. The Labute approximate surface area is 133 Å². The molecule has 1 fully saturated rings. The van der Waals surface area contributed by atoms with Gasteiger partial charge in [-0.25, -0.2) is 0 Å². The fourth-order valence-electron chi connectivity index (χ4n) is 4.09. The van der Waals surface area contributed by atoms with Gasteiger partial charge in [0.15, 0.2) is 0 Å². The Morgan fingerprint density at radius 3 is 2.24 bits per heavy atom. The van der Waals surface area contributed by atoms with Crippen LogP contribution in [0.1, 0.15) is 96.8 Å². The Morgan fingerprint density at radius 2 is 1.48 bits per heavy atom. The fourth-order valence-corrected chi connectivity index (χ4v) is 4.09. The van der Waals surface area contributed by atoms with Gasteiger partial charge in [-0.3, -0.25) is 0 Å². The van der Waals surface area contributed by atoms with Crippen LogP contribution in [-0.4, -0.2) is 12.6 Å². The van der Waals surface area contributed by atoms with Crippen LogP contribution in [0.3, 0.4) is 0 Å². The molecule has 21 heavy (non-hydrogen) atoms. The third kappa shape index (κ3) is 8.21. The number of nitrogens with two attached hydrogens (primary N) is 2. The van der Waals surface area contributed by atoms with Crippen LogP contribution in [0.15, 0.2) is 0 Å². The van der Waals surface area contributed by atoms with Crippen molar-refractivity contribution in [1.29, 1.82) is 0 Å². The van der Waals surface area contributed by atoms with E-state index in [1.54, 1.807) is 0 Å². The Morgan fingerprint density at radius 1 is 0.810 bits per heavy atom. The van der Waals surface area contributed by atoms with Gasteiger partial charge in [-0.2, -0.15) is 0 Å². The average Bonchev–Trinajstić information content (AvgIpc) is 2.49. The standard InChI is InChI=1S/C19H40N2/c1-2-3-4-8-12-17-13-11-15-19(21)18(17)14-9-6-5-7-10-16-20/h17-19H,2-16,20-21H2,1H3. The quantitative estimate of drug-likeness (QED) is 0.498. The lowest BCUT2D eigenvalue weighted by Crippen LogP contribution is -2.38. The summed E-state index contributed by atoms with van der Waals surface area (Å²) in [7, 11) is 0. The molecule has 2 nitrogen and oxygen atoms in total. The molecule has 0 aromatic carbocycles. The maximum atomic E-state index is 6.45. The molecule has 0 aliphatic heterocycles. The summed E-state index contributed by atoms with van der Waals surface area (Å²) in [6, 6.07) is 0.485. The lowest BCUT2D eigenvalue weighted by Gasteiger charge is -2.37. The first-order chi connectivity index (χ1) is 10.3. The molecule has 1 saturated carbocycles. The smallest absolute Gasteiger partial charge is 0.00698 e. The van der Waals surface area contributed by atoms with Crippen molar-refractivity contribution in [2.24, 2.45) is 23.3 Å². The molecular formula is C19H40N2. The molecule has 126 valence electrons. The maximum Gasteiger partial charge on any atom is 0.00698 e. The van der Waals surface area contributed by atoms with E-state index in [0.717, 1.165) is 18.4 Å². The molecule has 1 rings (SSSR count). The first-order valence-electron chi connectivity index (χ1n) is 9.75. The highest BCUT2D eigenvalue weighted by Gasteiger charge is 2.29. The van der Waals surface area contributed by atoms with E-state index in [0.29, 0.717) is 6.04 Å². The summed E-state index contributed by atoms with van der Waals surface area (Å²) in [5, 5.41) is 0. The van der Waals surface area contributed by atoms with Crippen LogP contribution in [0.4, 0.5) is 0 Å². The molecule has 0 aromatic rings. The minimum atomic E-state index is 0.485. The SMILES string of the molecule is CCCCCCC1CCCC(N)C1CCCCCCCN. The molecule has 0 spiro atoms. The zero-order valence-corrected chi connectivity index (χ0v) is 14.5. The summed E-state index contributed by atoms with van der Waals surface area (Å²) in [4.78, 5) is 0. The Bertz CT molecular complexity index is 230. The lowest BCUT2D eigenvalue weighted by molar-refractivity contribution is 0.174. The third-order valence-electron chi connectivity index (χ3n) is 5.44. The predicted molar refractivity (Wildman–Crippen MR) is 94.3 cm³/mol. The molecule has 0 radical (unpaired) electrons. The van der Waals surface area contributed by atoms with Crippen LogP contribution in [-0.2, 0) is 0 Å². The van der Waals surface area contributed by atoms with Crippen LogP contribution in [0.2, 0.25) is 0 Å². The zero-order valence-electron chi connectivity index (χ0n) is 14.5. The van der Waals surface area contributed by atoms with E-state index in [9.17, 15) is 0 Å². The predicted octanol–water partition coefficient (Wildman–Crippen LogP) is 5.00. The second-order valence-electron chi connectivity index (χ2n) is 7.21. The molecule has 4 N–H and O–H groups in total. The van der Waals surface area contributed by atoms with Crippen molar-refractivity contribution in [1.82, 2.24) is 0 Å². The minimum absolute atomic E-state index is 0.485. The number of hydrogen-bond acceptors (Lipinski definition) is 2. The first-order valence-corrected chi connectivity index (χ1v) is 9.75. The Balaban J connectivity index is 2.21. The van der Waals surface area contributed by atoms with Gasteiger partial charge in [0.05, 0.1) is 0 Å². The van der Waals surface area contributed by atoms with Gasteiger partial charge in [-0.05, 0) is 37.6 Å². The fraction of sp³-hybridized carbons (Fsp3) is 1.00. The molecule has 3 atom stereocenters. The summed E-state index contributed by atoms with van der Waals surface area (Å²) in [6.45, 7) is 3.15. The van der Waals surface area contributed by atoms with E-state index in [-0.39, 0.29) is 0 Å². The van der Waals surface area contributed by atoms with Gasteiger partial charge in [0.25, 0.3) is 0 Å². The van der Waals surface area contributed by atoms with Crippen LogP contribution >= 0.6 is 0 Å². The Hall–Kier alpha value is -0.0800.